The lowest BCUT2D eigenvalue weighted by atomic mass is 9.57. The van der Waals surface area contributed by atoms with Crippen molar-refractivity contribution in [3.63, 3.8) is 0 Å². The molecule has 8 rings (SSSR count). The minimum absolute atomic E-state index is 0.0238. The molecule has 0 saturated heterocycles. The van der Waals surface area contributed by atoms with Crippen molar-refractivity contribution in [3.05, 3.63) is 74.8 Å². The van der Waals surface area contributed by atoms with Crippen LogP contribution >= 0.6 is 23.2 Å². The predicted molar refractivity (Wildman–Crippen MR) is 161 cm³/mol. The maximum atomic E-state index is 13.8. The number of rotatable bonds is 9. The zero-order valence-corrected chi connectivity index (χ0v) is 25.7. The van der Waals surface area contributed by atoms with Crippen molar-refractivity contribution in [1.29, 1.82) is 0 Å². The van der Waals surface area contributed by atoms with Gasteiger partial charge in [-0.1, -0.05) is 34.4 Å². The zero-order chi connectivity index (χ0) is 31.6. The Kier molecular flexibility index (Phi) is 7.61. The molecule has 2 bridgehead atoms. The van der Waals surface area contributed by atoms with Gasteiger partial charge in [-0.15, -0.1) is 0 Å². The lowest BCUT2D eigenvalue weighted by molar-refractivity contribution is -0.145. The van der Waals surface area contributed by atoms with Crippen molar-refractivity contribution in [2.45, 2.75) is 88.5 Å². The maximum absolute atomic E-state index is 13.8. The van der Waals surface area contributed by atoms with Crippen LogP contribution in [0.3, 0.4) is 0 Å². The highest BCUT2D eigenvalue weighted by Gasteiger charge is 2.49. The number of alkyl halides is 3. The molecule has 7 nitrogen and oxygen atoms in total. The number of carboxylic acids is 1. The average molecular weight is 661 g/mol. The minimum atomic E-state index is -4.69. The fraction of sp³-hybridized carbons (Fsp3) is 0.455. The van der Waals surface area contributed by atoms with Gasteiger partial charge in [0.05, 0.1) is 33.3 Å². The first-order valence-electron chi connectivity index (χ1n) is 15.1. The van der Waals surface area contributed by atoms with E-state index < -0.39 is 23.4 Å². The van der Waals surface area contributed by atoms with E-state index in [2.05, 4.69) is 15.1 Å². The van der Waals surface area contributed by atoms with Crippen molar-refractivity contribution >= 4 is 40.1 Å². The van der Waals surface area contributed by atoms with Crippen LogP contribution < -0.4 is 0 Å². The van der Waals surface area contributed by atoms with Gasteiger partial charge in [-0.2, -0.15) is 13.2 Å². The summed E-state index contributed by atoms with van der Waals surface area (Å²) in [4.78, 5) is 19.3. The fourth-order valence-electron chi connectivity index (χ4n) is 7.19. The number of fused-ring (bicyclic) bond motifs is 4. The molecule has 12 heteroatoms. The second-order valence-electron chi connectivity index (χ2n) is 12.8. The van der Waals surface area contributed by atoms with Gasteiger partial charge in [-0.25, -0.2) is 9.78 Å². The van der Waals surface area contributed by atoms with Gasteiger partial charge in [-0.05, 0) is 93.4 Å². The summed E-state index contributed by atoms with van der Waals surface area (Å²) in [5.41, 5.74) is 1.16. The molecule has 4 aromatic rings. The van der Waals surface area contributed by atoms with Crippen molar-refractivity contribution in [2.24, 2.45) is 5.41 Å². The number of aromatic carboxylic acids is 1. The van der Waals surface area contributed by atoms with E-state index in [9.17, 15) is 23.1 Å². The van der Waals surface area contributed by atoms with Crippen molar-refractivity contribution in [3.8, 4) is 11.3 Å². The van der Waals surface area contributed by atoms with E-state index in [1.165, 1.54) is 12.1 Å². The quantitative estimate of drug-likeness (QED) is 0.191. The fourth-order valence-corrected chi connectivity index (χ4v) is 7.73. The molecule has 4 aliphatic carbocycles. The molecule has 1 N–H and O–H groups in total. The number of benzene rings is 1. The minimum Gasteiger partial charge on any atom is -0.477 e. The molecule has 3 aromatic heterocycles. The smallest absolute Gasteiger partial charge is 0.417 e. The van der Waals surface area contributed by atoms with Crippen LogP contribution in [0.25, 0.3) is 22.2 Å². The summed E-state index contributed by atoms with van der Waals surface area (Å²) in [5, 5.41) is 14.3. The van der Waals surface area contributed by atoms with Gasteiger partial charge in [0.15, 0.2) is 0 Å². The van der Waals surface area contributed by atoms with Gasteiger partial charge in [-0.3, -0.25) is 4.98 Å². The summed E-state index contributed by atoms with van der Waals surface area (Å²) in [7, 11) is 0. The molecule has 45 heavy (non-hydrogen) atoms. The summed E-state index contributed by atoms with van der Waals surface area (Å²) in [6, 6.07) is 5.38. The Morgan fingerprint density at radius 3 is 2.36 bits per heavy atom. The number of aromatic nitrogens is 3. The molecular weight excluding hydrogens is 630 g/mol. The third-order valence-electron chi connectivity index (χ3n) is 10.1. The molecule has 4 aliphatic rings. The van der Waals surface area contributed by atoms with Crippen LogP contribution in [-0.2, 0) is 23.9 Å². The molecule has 236 valence electrons. The van der Waals surface area contributed by atoms with Crippen molar-refractivity contribution < 1.29 is 32.3 Å². The van der Waals surface area contributed by atoms with Gasteiger partial charge < -0.3 is 14.4 Å². The number of pyridine rings is 2. The highest BCUT2D eigenvalue weighted by Crippen LogP contribution is 2.56. The largest absolute Gasteiger partial charge is 0.477 e. The van der Waals surface area contributed by atoms with Crippen molar-refractivity contribution in [1.82, 2.24) is 15.1 Å². The van der Waals surface area contributed by atoms with Crippen LogP contribution in [0.5, 0.6) is 0 Å². The van der Waals surface area contributed by atoms with Gasteiger partial charge in [0.2, 0.25) is 0 Å². The molecule has 4 fully saturated rings. The molecule has 0 atom stereocenters. The van der Waals surface area contributed by atoms with Gasteiger partial charge in [0, 0.05) is 34.8 Å². The molecule has 4 saturated carbocycles. The summed E-state index contributed by atoms with van der Waals surface area (Å²) in [6.45, 7) is 0.350. The highest BCUT2D eigenvalue weighted by atomic mass is 35.5. The molecule has 0 amide bonds. The average Bonchev–Trinajstić information content (AvgIpc) is 3.78. The van der Waals surface area contributed by atoms with Crippen LogP contribution in [0.2, 0.25) is 10.0 Å². The number of carboxylic acid groups (broad SMARTS) is 1. The monoisotopic (exact) mass is 659 g/mol. The normalized spacial score (nSPS) is 23.1. The SMILES string of the molecule is O=C(O)c1cc(C(F)(F)F)c2cc(CCC34CCC(OCc5c(-c6c(Cl)cncc6Cl)noc5C5CC5)(CC3)CC4)ccc2n1. The topological polar surface area (TPSA) is 98.3 Å². The number of hydrogen-bond acceptors (Lipinski definition) is 6. The molecule has 0 spiro atoms. The van der Waals surface area contributed by atoms with E-state index in [4.69, 9.17) is 32.5 Å². The van der Waals surface area contributed by atoms with Gasteiger partial charge in [0.1, 0.15) is 17.1 Å². The van der Waals surface area contributed by atoms with E-state index in [-0.39, 0.29) is 21.9 Å². The summed E-state index contributed by atoms with van der Waals surface area (Å²) < 4.78 is 54.0. The Labute approximate surface area is 267 Å². The van der Waals surface area contributed by atoms with E-state index in [0.717, 1.165) is 74.7 Å². The summed E-state index contributed by atoms with van der Waals surface area (Å²) in [5.74, 6) is -0.331. The van der Waals surface area contributed by atoms with Crippen LogP contribution in [0.4, 0.5) is 13.2 Å². The van der Waals surface area contributed by atoms with Crippen LogP contribution in [0.15, 0.2) is 41.2 Å². The summed E-state index contributed by atoms with van der Waals surface area (Å²) in [6.07, 6.45) is 7.61. The highest BCUT2D eigenvalue weighted by molar-refractivity contribution is 6.38. The first-order valence-corrected chi connectivity index (χ1v) is 15.9. The van der Waals surface area contributed by atoms with Crippen LogP contribution in [0.1, 0.15) is 96.6 Å². The number of nitrogens with zero attached hydrogens (tertiary/aromatic N) is 3. The first-order chi connectivity index (χ1) is 21.5. The Morgan fingerprint density at radius 1 is 1.04 bits per heavy atom. The Hall–Kier alpha value is -3.21. The second-order valence-corrected chi connectivity index (χ2v) is 13.6. The molecule has 0 radical (unpaired) electrons. The third-order valence-corrected chi connectivity index (χ3v) is 10.6. The Balaban J connectivity index is 1.04. The van der Waals surface area contributed by atoms with E-state index in [0.29, 0.717) is 46.3 Å². The molecule has 3 heterocycles. The number of aryl methyl sites for hydroxylation is 1. The van der Waals surface area contributed by atoms with E-state index >= 15 is 0 Å². The molecular formula is C33H30Cl2F3N3O4. The third kappa shape index (κ3) is 5.81. The van der Waals surface area contributed by atoms with Gasteiger partial charge >= 0.3 is 12.1 Å². The number of carbonyl (C=O) groups is 1. The summed E-state index contributed by atoms with van der Waals surface area (Å²) >= 11 is 12.9. The van der Waals surface area contributed by atoms with Crippen LogP contribution in [-0.4, -0.2) is 31.8 Å². The van der Waals surface area contributed by atoms with Gasteiger partial charge in [0.25, 0.3) is 0 Å². The number of ether oxygens (including phenoxy) is 1. The molecule has 1 aromatic carbocycles. The second kappa shape index (κ2) is 11.2. The van der Waals surface area contributed by atoms with Crippen molar-refractivity contribution in [2.75, 3.05) is 0 Å². The lowest BCUT2D eigenvalue weighted by Crippen LogP contribution is -2.47. The zero-order valence-electron chi connectivity index (χ0n) is 24.2. The predicted octanol–water partition coefficient (Wildman–Crippen LogP) is 9.43. The standard InChI is InChI=1S/C33H30Cl2F3N3O4/c34-23-15-39-16-24(35)27(23)28-21(29(45-41-28)19-2-3-19)17-44-32-10-7-31(8-11-32,9-12-32)6-5-18-1-4-25-20(13-18)22(33(36,37)38)14-26(40-25)30(42)43/h1,4,13-16,19H,2-3,5-12,17H2,(H,42,43). The van der Waals surface area contributed by atoms with E-state index in [1.807, 2.05) is 0 Å². The molecule has 0 aliphatic heterocycles. The Morgan fingerprint density at radius 2 is 1.73 bits per heavy atom. The maximum Gasteiger partial charge on any atom is 0.417 e. The van der Waals surface area contributed by atoms with E-state index in [1.54, 1.807) is 18.5 Å². The molecule has 0 unspecified atom stereocenters. The lowest BCUT2D eigenvalue weighted by Gasteiger charge is -2.53. The number of hydrogen-bond donors (Lipinski definition) is 1. The Bertz CT molecular complexity index is 1760. The first kappa shape index (κ1) is 30.4. The number of halogens is 5. The van der Waals surface area contributed by atoms with Crippen LogP contribution in [0, 0.1) is 5.41 Å².